The van der Waals surface area contributed by atoms with Crippen LogP contribution in [0.2, 0.25) is 0 Å². The minimum absolute atomic E-state index is 0.514. The van der Waals surface area contributed by atoms with Crippen LogP contribution in [0, 0.1) is 13.8 Å². The smallest absolute Gasteiger partial charge is 0.329 e. The summed E-state index contributed by atoms with van der Waals surface area (Å²) in [5.74, 6) is 0. The molecule has 0 aliphatic carbocycles. The van der Waals surface area contributed by atoms with Gasteiger partial charge in [-0.3, -0.25) is 13.6 Å². The first-order valence-corrected chi connectivity index (χ1v) is 8.49. The lowest BCUT2D eigenvalue weighted by molar-refractivity contribution is 0.624. The molecule has 2 nitrogen and oxygen atoms in total. The van der Waals surface area contributed by atoms with Gasteiger partial charge in [0.05, 0.1) is 5.70 Å². The molecule has 25 heavy (non-hydrogen) atoms. The third-order valence-electron chi connectivity index (χ3n) is 4.33. The molecule has 0 radical (unpaired) electrons. The molecule has 0 fully saturated rings. The minimum atomic E-state index is -2.61. The van der Waals surface area contributed by atoms with E-state index in [1.54, 1.807) is 13.0 Å². The topological polar surface area (TPSA) is 17.3 Å². The van der Waals surface area contributed by atoms with E-state index < -0.39 is 7.40 Å². The van der Waals surface area contributed by atoms with Crippen molar-refractivity contribution in [3.8, 4) is 0 Å². The molecule has 128 valence electrons. The molecular weight excluding hydrogens is 337 g/mol. The summed E-state index contributed by atoms with van der Waals surface area (Å²) in [7, 11) is -2.61. The lowest BCUT2D eigenvalue weighted by Crippen LogP contribution is -2.18. The average molecular weight is 356 g/mol. The SMILES string of the molecule is CC1=CC(C)=N/C1=C(/c1ccc(S)cc1)c1c(C)cc(C)n1B(F)F. The summed E-state index contributed by atoms with van der Waals surface area (Å²) < 4.78 is 28.6. The van der Waals surface area contributed by atoms with Crippen LogP contribution in [-0.2, 0) is 0 Å². The zero-order valence-corrected chi connectivity index (χ0v) is 15.5. The van der Waals surface area contributed by atoms with Crippen LogP contribution in [0.5, 0.6) is 0 Å². The summed E-state index contributed by atoms with van der Waals surface area (Å²) >= 11 is 4.33. The van der Waals surface area contributed by atoms with Crippen LogP contribution in [0.1, 0.15) is 36.4 Å². The lowest BCUT2D eigenvalue weighted by atomic mass is 9.95. The van der Waals surface area contributed by atoms with E-state index in [1.807, 2.05) is 51.1 Å². The van der Waals surface area contributed by atoms with Gasteiger partial charge in [0.1, 0.15) is 0 Å². The molecule has 0 unspecified atom stereocenters. The van der Waals surface area contributed by atoms with Crippen molar-refractivity contribution in [2.24, 2.45) is 4.99 Å². The minimum Gasteiger partial charge on any atom is -0.329 e. The molecule has 0 saturated carbocycles. The first-order valence-electron chi connectivity index (χ1n) is 8.04. The number of hydrogen-bond acceptors (Lipinski definition) is 2. The maximum absolute atomic E-state index is 13.8. The molecule has 2 aromatic rings. The van der Waals surface area contributed by atoms with Gasteiger partial charge in [0.15, 0.2) is 0 Å². The molecule has 6 heteroatoms. The van der Waals surface area contributed by atoms with Gasteiger partial charge in [0, 0.05) is 27.6 Å². The Bertz CT molecular complexity index is 922. The number of rotatable bonds is 3. The Morgan fingerprint density at radius 3 is 2.24 bits per heavy atom. The second-order valence-corrected chi connectivity index (χ2v) is 6.83. The number of aliphatic imine (C=N–C) groups is 1. The van der Waals surface area contributed by atoms with Crippen LogP contribution in [0.3, 0.4) is 0 Å². The Hall–Kier alpha value is -2.08. The number of halogens is 2. The number of thiol groups is 1. The van der Waals surface area contributed by atoms with E-state index in [-0.39, 0.29) is 0 Å². The second-order valence-electron chi connectivity index (χ2n) is 6.32. The Morgan fingerprint density at radius 2 is 1.72 bits per heavy atom. The van der Waals surface area contributed by atoms with E-state index in [1.165, 1.54) is 0 Å². The summed E-state index contributed by atoms with van der Waals surface area (Å²) in [5.41, 5.74) is 6.02. The number of benzene rings is 1. The van der Waals surface area contributed by atoms with Crippen molar-refractivity contribution < 1.29 is 8.63 Å². The zero-order chi connectivity index (χ0) is 18.3. The Kier molecular flexibility index (Phi) is 4.74. The largest absolute Gasteiger partial charge is 0.677 e. The maximum Gasteiger partial charge on any atom is 0.677 e. The van der Waals surface area contributed by atoms with Crippen molar-refractivity contribution in [1.29, 1.82) is 0 Å². The molecule has 0 bridgehead atoms. The van der Waals surface area contributed by atoms with Gasteiger partial charge in [-0.25, -0.2) is 0 Å². The quantitative estimate of drug-likeness (QED) is 0.565. The predicted molar refractivity (Wildman–Crippen MR) is 104 cm³/mol. The highest BCUT2D eigenvalue weighted by atomic mass is 32.1. The molecule has 0 N–H and O–H groups in total. The van der Waals surface area contributed by atoms with Gasteiger partial charge < -0.3 is 4.48 Å². The Morgan fingerprint density at radius 1 is 1.08 bits per heavy atom. The van der Waals surface area contributed by atoms with Gasteiger partial charge in [-0.1, -0.05) is 12.1 Å². The highest BCUT2D eigenvalue weighted by Crippen LogP contribution is 2.37. The molecule has 3 rings (SSSR count). The van der Waals surface area contributed by atoms with Gasteiger partial charge in [0.25, 0.3) is 0 Å². The number of hydrogen-bond donors (Lipinski definition) is 1. The van der Waals surface area contributed by atoms with Gasteiger partial charge in [-0.05, 0) is 68.7 Å². The molecule has 2 heterocycles. The monoisotopic (exact) mass is 356 g/mol. The van der Waals surface area contributed by atoms with Crippen LogP contribution >= 0.6 is 12.6 Å². The molecule has 1 aliphatic rings. The van der Waals surface area contributed by atoms with Gasteiger partial charge in [0.2, 0.25) is 0 Å². The standard InChI is InChI=1S/C19H19BF2N2S/c1-11-9-13(3)23-18(11)17(15-5-7-16(25)8-6-15)19-12(2)10-14(4)24(19)20(21)22/h5-10,25H,1-4H3/b18-17-. The van der Waals surface area contributed by atoms with Gasteiger partial charge in [-0.2, -0.15) is 0 Å². The summed E-state index contributed by atoms with van der Waals surface area (Å²) in [6.45, 7) is 7.43. The van der Waals surface area contributed by atoms with Crippen LogP contribution in [0.25, 0.3) is 5.57 Å². The third kappa shape index (κ3) is 3.23. The number of nitrogens with zero attached hydrogens (tertiary/aromatic N) is 2. The first-order chi connectivity index (χ1) is 11.8. The van der Waals surface area contributed by atoms with Gasteiger partial charge in [-0.15, -0.1) is 12.6 Å². The Balaban J connectivity index is 2.38. The van der Waals surface area contributed by atoms with E-state index >= 15 is 0 Å². The number of aryl methyl sites for hydroxylation is 2. The van der Waals surface area contributed by atoms with Crippen LogP contribution in [-0.4, -0.2) is 17.6 Å². The van der Waals surface area contributed by atoms with Crippen molar-refractivity contribution in [3.05, 3.63) is 70.2 Å². The predicted octanol–water partition coefficient (Wildman–Crippen LogP) is 5.35. The van der Waals surface area contributed by atoms with E-state index in [4.69, 9.17) is 0 Å². The summed E-state index contributed by atoms with van der Waals surface area (Å²) in [4.78, 5) is 5.44. The van der Waals surface area contributed by atoms with Crippen molar-refractivity contribution in [2.75, 3.05) is 0 Å². The maximum atomic E-state index is 13.8. The van der Waals surface area contributed by atoms with Crippen molar-refractivity contribution in [1.82, 2.24) is 4.48 Å². The van der Waals surface area contributed by atoms with E-state index in [0.29, 0.717) is 11.4 Å². The van der Waals surface area contributed by atoms with E-state index in [9.17, 15) is 8.63 Å². The van der Waals surface area contributed by atoms with Crippen LogP contribution in [0.4, 0.5) is 8.63 Å². The lowest BCUT2D eigenvalue weighted by Gasteiger charge is -2.16. The highest BCUT2D eigenvalue weighted by Gasteiger charge is 2.29. The van der Waals surface area contributed by atoms with E-state index in [2.05, 4.69) is 17.6 Å². The number of aromatic nitrogens is 1. The Labute approximate surface area is 152 Å². The molecular formula is C19H19BF2N2S. The third-order valence-corrected chi connectivity index (χ3v) is 4.63. The molecule has 0 amide bonds. The second kappa shape index (κ2) is 6.67. The summed E-state index contributed by atoms with van der Waals surface area (Å²) in [6.07, 6.45) is 1.97. The number of allylic oxidation sites excluding steroid dienone is 2. The molecule has 1 aromatic carbocycles. The molecule has 1 aromatic heterocycles. The first kappa shape index (κ1) is 17.7. The zero-order valence-electron chi connectivity index (χ0n) is 14.6. The molecule has 0 spiro atoms. The summed E-state index contributed by atoms with van der Waals surface area (Å²) in [5, 5.41) is 0. The molecule has 1 aliphatic heterocycles. The fourth-order valence-corrected chi connectivity index (χ4v) is 3.48. The fraction of sp³-hybridized carbons (Fsp3) is 0.211. The summed E-state index contributed by atoms with van der Waals surface area (Å²) in [6, 6.07) is 9.32. The van der Waals surface area contributed by atoms with Crippen LogP contribution < -0.4 is 0 Å². The van der Waals surface area contributed by atoms with E-state index in [0.717, 1.165) is 43.1 Å². The van der Waals surface area contributed by atoms with Crippen LogP contribution in [0.15, 0.2) is 57.6 Å². The normalized spacial score (nSPS) is 16.0. The molecule has 0 saturated heterocycles. The molecule has 0 atom stereocenters. The van der Waals surface area contributed by atoms with Crippen molar-refractivity contribution >= 4 is 31.3 Å². The highest BCUT2D eigenvalue weighted by molar-refractivity contribution is 7.80. The van der Waals surface area contributed by atoms with Crippen molar-refractivity contribution in [2.45, 2.75) is 32.6 Å². The fourth-order valence-electron chi connectivity index (χ4n) is 3.33. The van der Waals surface area contributed by atoms with Gasteiger partial charge >= 0.3 is 7.40 Å². The van der Waals surface area contributed by atoms with Crippen molar-refractivity contribution in [3.63, 3.8) is 0 Å². The average Bonchev–Trinajstić information content (AvgIpc) is 3.01.